The minimum atomic E-state index is 0.900. The lowest BCUT2D eigenvalue weighted by molar-refractivity contribution is -0.0313. The molecular formula is C14H27O+. The SMILES string of the molecule is CCCCCCC1CCC([O+]2CC2)CC1. The van der Waals surface area contributed by atoms with Crippen LogP contribution in [-0.4, -0.2) is 19.3 Å². The fourth-order valence-corrected chi connectivity index (χ4v) is 3.00. The summed E-state index contributed by atoms with van der Waals surface area (Å²) in [5, 5.41) is 0. The number of hydrogen-bond acceptors (Lipinski definition) is 0. The molecule has 0 aromatic rings. The van der Waals surface area contributed by atoms with Crippen LogP contribution in [0.3, 0.4) is 0 Å². The average molecular weight is 211 g/mol. The third-order valence-electron chi connectivity index (χ3n) is 4.17. The number of hydrogen-bond donors (Lipinski definition) is 0. The first-order valence-corrected chi connectivity index (χ1v) is 7.06. The lowest BCUT2D eigenvalue weighted by atomic mass is 9.84. The molecule has 1 saturated carbocycles. The van der Waals surface area contributed by atoms with Crippen LogP contribution in [0.25, 0.3) is 0 Å². The van der Waals surface area contributed by atoms with Gasteiger partial charge in [0, 0.05) is 12.8 Å². The third-order valence-corrected chi connectivity index (χ3v) is 4.17. The highest BCUT2D eigenvalue weighted by Gasteiger charge is 2.37. The van der Waals surface area contributed by atoms with Crippen molar-refractivity contribution >= 4 is 0 Å². The number of unbranched alkanes of at least 4 members (excludes halogenated alkanes) is 3. The van der Waals surface area contributed by atoms with Crippen LogP contribution in [0, 0.1) is 5.92 Å². The van der Waals surface area contributed by atoms with Gasteiger partial charge in [-0.25, -0.2) is 0 Å². The molecule has 0 radical (unpaired) electrons. The molecule has 0 bridgehead atoms. The highest BCUT2D eigenvalue weighted by molar-refractivity contribution is 4.78. The van der Waals surface area contributed by atoms with Gasteiger partial charge in [-0.2, -0.15) is 0 Å². The number of epoxide rings is 1. The highest BCUT2D eigenvalue weighted by atomic mass is 16.8. The summed E-state index contributed by atoms with van der Waals surface area (Å²) in [4.78, 5) is 0. The minimum absolute atomic E-state index is 0.900. The lowest BCUT2D eigenvalue weighted by Gasteiger charge is -2.26. The van der Waals surface area contributed by atoms with Crippen LogP contribution in [0.4, 0.5) is 0 Å². The van der Waals surface area contributed by atoms with Crippen molar-refractivity contribution in [2.45, 2.75) is 70.8 Å². The molecule has 15 heavy (non-hydrogen) atoms. The van der Waals surface area contributed by atoms with Crippen LogP contribution in [0.2, 0.25) is 0 Å². The van der Waals surface area contributed by atoms with Crippen LogP contribution in [-0.2, 0) is 4.37 Å². The first-order chi connectivity index (χ1) is 7.40. The zero-order valence-corrected chi connectivity index (χ0v) is 10.3. The maximum absolute atomic E-state index is 3.40. The van der Waals surface area contributed by atoms with Crippen molar-refractivity contribution in [3.8, 4) is 0 Å². The molecule has 2 fully saturated rings. The van der Waals surface area contributed by atoms with E-state index in [-0.39, 0.29) is 0 Å². The van der Waals surface area contributed by atoms with Crippen molar-refractivity contribution in [2.75, 3.05) is 13.2 Å². The second-order valence-electron chi connectivity index (χ2n) is 5.44. The molecule has 1 aliphatic heterocycles. The highest BCUT2D eigenvalue weighted by Crippen LogP contribution is 2.35. The summed E-state index contributed by atoms with van der Waals surface area (Å²) >= 11 is 0. The Labute approximate surface area is 94.9 Å². The van der Waals surface area contributed by atoms with E-state index in [2.05, 4.69) is 11.3 Å². The molecule has 0 spiro atoms. The molecule has 1 saturated heterocycles. The van der Waals surface area contributed by atoms with Gasteiger partial charge < -0.3 is 4.37 Å². The van der Waals surface area contributed by atoms with Gasteiger partial charge in [-0.15, -0.1) is 0 Å². The Bertz CT molecular complexity index is 166. The van der Waals surface area contributed by atoms with Crippen LogP contribution in [0.1, 0.15) is 64.7 Å². The molecule has 1 heterocycles. The molecule has 1 aliphatic carbocycles. The fourth-order valence-electron chi connectivity index (χ4n) is 3.00. The summed E-state index contributed by atoms with van der Waals surface area (Å²) < 4.78 is 3.40. The molecule has 0 amide bonds. The van der Waals surface area contributed by atoms with Crippen molar-refractivity contribution in [1.29, 1.82) is 0 Å². The average Bonchev–Trinajstić information content (AvgIpc) is 3.09. The van der Waals surface area contributed by atoms with Crippen LogP contribution < -0.4 is 0 Å². The molecule has 2 aliphatic rings. The maximum Gasteiger partial charge on any atom is 0.216 e. The topological polar surface area (TPSA) is 2.70 Å². The van der Waals surface area contributed by atoms with E-state index in [9.17, 15) is 0 Å². The molecule has 1 heteroatoms. The van der Waals surface area contributed by atoms with Gasteiger partial charge in [-0.1, -0.05) is 39.0 Å². The van der Waals surface area contributed by atoms with Crippen LogP contribution >= 0.6 is 0 Å². The molecule has 0 unspecified atom stereocenters. The van der Waals surface area contributed by atoms with Crippen LogP contribution in [0.15, 0.2) is 0 Å². The summed E-state index contributed by atoms with van der Waals surface area (Å²) in [6.45, 7) is 4.92. The molecule has 88 valence electrons. The van der Waals surface area contributed by atoms with Gasteiger partial charge in [0.15, 0.2) is 6.10 Å². The molecular weight excluding hydrogens is 184 g/mol. The van der Waals surface area contributed by atoms with Gasteiger partial charge in [-0.3, -0.25) is 0 Å². The smallest absolute Gasteiger partial charge is 0.216 e. The Morgan fingerprint density at radius 3 is 2.27 bits per heavy atom. The van der Waals surface area contributed by atoms with Crippen molar-refractivity contribution < 1.29 is 4.37 Å². The molecule has 2 rings (SSSR count). The van der Waals surface area contributed by atoms with Gasteiger partial charge in [0.05, 0.1) is 0 Å². The van der Waals surface area contributed by atoms with E-state index in [0.29, 0.717) is 0 Å². The van der Waals surface area contributed by atoms with E-state index >= 15 is 0 Å². The molecule has 0 N–H and O–H groups in total. The summed E-state index contributed by atoms with van der Waals surface area (Å²) in [7, 11) is 0. The Morgan fingerprint density at radius 1 is 0.933 bits per heavy atom. The van der Waals surface area contributed by atoms with E-state index < -0.39 is 0 Å². The Kier molecular flexibility index (Phi) is 4.49. The molecule has 0 aromatic heterocycles. The van der Waals surface area contributed by atoms with Gasteiger partial charge in [0.2, 0.25) is 13.2 Å². The standard InChI is InChI=1S/C14H27O/c1-2-3-4-5-6-13-7-9-14(10-8-13)15-11-12-15/h13-14H,2-12H2,1H3/q+1. The lowest BCUT2D eigenvalue weighted by Crippen LogP contribution is -2.21. The van der Waals surface area contributed by atoms with E-state index in [4.69, 9.17) is 0 Å². The van der Waals surface area contributed by atoms with Crippen molar-refractivity contribution in [3.05, 3.63) is 0 Å². The normalized spacial score (nSPS) is 31.8. The summed E-state index contributed by atoms with van der Waals surface area (Å²) in [6, 6.07) is 0. The van der Waals surface area contributed by atoms with Crippen molar-refractivity contribution in [2.24, 2.45) is 5.92 Å². The second kappa shape index (κ2) is 5.89. The first kappa shape index (κ1) is 11.4. The Morgan fingerprint density at radius 2 is 1.67 bits per heavy atom. The van der Waals surface area contributed by atoms with Gasteiger partial charge in [0.25, 0.3) is 0 Å². The Balaban J connectivity index is 1.53. The molecule has 0 aromatic carbocycles. The Hall–Kier alpha value is -0.0400. The van der Waals surface area contributed by atoms with Crippen molar-refractivity contribution in [1.82, 2.24) is 0 Å². The predicted octanol–water partition coefficient (Wildman–Crippen LogP) is 4.08. The monoisotopic (exact) mass is 211 g/mol. The summed E-state index contributed by atoms with van der Waals surface area (Å²) in [5.74, 6) is 1.07. The van der Waals surface area contributed by atoms with E-state index in [1.807, 2.05) is 0 Å². The number of rotatable bonds is 6. The zero-order chi connectivity index (χ0) is 10.5. The third kappa shape index (κ3) is 3.79. The zero-order valence-electron chi connectivity index (χ0n) is 10.3. The van der Waals surface area contributed by atoms with Gasteiger partial charge >= 0.3 is 0 Å². The second-order valence-corrected chi connectivity index (χ2v) is 5.44. The molecule has 1 nitrogen and oxygen atoms in total. The van der Waals surface area contributed by atoms with Gasteiger partial charge in [-0.05, 0) is 18.8 Å². The van der Waals surface area contributed by atoms with E-state index in [1.54, 1.807) is 0 Å². The fraction of sp³-hybridized carbons (Fsp3) is 1.00. The predicted molar refractivity (Wildman–Crippen MR) is 65.3 cm³/mol. The van der Waals surface area contributed by atoms with E-state index in [0.717, 1.165) is 12.0 Å². The first-order valence-electron chi connectivity index (χ1n) is 7.06. The molecule has 0 atom stereocenters. The van der Waals surface area contributed by atoms with Crippen molar-refractivity contribution in [3.63, 3.8) is 0 Å². The van der Waals surface area contributed by atoms with Gasteiger partial charge in [0.1, 0.15) is 0 Å². The largest absolute Gasteiger partial charge is 0.408 e. The summed E-state index contributed by atoms with van der Waals surface area (Å²) in [6.07, 6.45) is 14.1. The van der Waals surface area contributed by atoms with Crippen LogP contribution in [0.5, 0.6) is 0 Å². The van der Waals surface area contributed by atoms with E-state index in [1.165, 1.54) is 71.0 Å². The summed E-state index contributed by atoms with van der Waals surface area (Å²) in [5.41, 5.74) is 0. The maximum atomic E-state index is 3.40. The quantitative estimate of drug-likeness (QED) is 0.354. The minimum Gasteiger partial charge on any atom is -0.408 e.